The second-order valence-electron chi connectivity index (χ2n) is 8.54. The number of carbonyl (C=O) groups is 2. The Hall–Kier alpha value is -0.980. The Kier molecular flexibility index (Phi) is 6.58. The number of Topliss-reactive ketones (excluding diaryl/α,β-unsaturated/α-hetero) is 1. The van der Waals surface area contributed by atoms with Crippen LogP contribution in [0.25, 0.3) is 0 Å². The summed E-state index contributed by atoms with van der Waals surface area (Å²) in [7, 11) is 0. The Morgan fingerprint density at radius 3 is 1.83 bits per heavy atom. The van der Waals surface area contributed by atoms with Gasteiger partial charge >= 0.3 is 5.97 Å². The van der Waals surface area contributed by atoms with Crippen LogP contribution in [0.1, 0.15) is 60.3 Å². The van der Waals surface area contributed by atoms with Gasteiger partial charge in [-0.1, -0.05) is 20.8 Å². The SMILES string of the molecule is CC(C)(C)C(=O)C(O)(O)C(C)(C)C(=O)OCC1CCC(CO)CC1. The van der Waals surface area contributed by atoms with E-state index in [2.05, 4.69) is 0 Å². The van der Waals surface area contributed by atoms with Crippen LogP contribution >= 0.6 is 0 Å². The number of hydrogen-bond acceptors (Lipinski definition) is 6. The maximum Gasteiger partial charge on any atom is 0.317 e. The van der Waals surface area contributed by atoms with E-state index in [1.165, 1.54) is 13.8 Å². The molecule has 0 saturated heterocycles. The van der Waals surface area contributed by atoms with Crippen LogP contribution in [0, 0.1) is 22.7 Å². The Morgan fingerprint density at radius 1 is 0.958 bits per heavy atom. The first-order chi connectivity index (χ1) is 10.8. The smallest absolute Gasteiger partial charge is 0.317 e. The molecule has 1 aliphatic carbocycles. The molecule has 24 heavy (non-hydrogen) atoms. The Bertz CT molecular complexity index is 453. The average molecular weight is 344 g/mol. The molecule has 1 rings (SSSR count). The molecule has 0 unspecified atom stereocenters. The highest BCUT2D eigenvalue weighted by Crippen LogP contribution is 2.37. The molecule has 0 heterocycles. The van der Waals surface area contributed by atoms with Gasteiger partial charge in [-0.3, -0.25) is 9.59 Å². The molecule has 3 N–H and O–H groups in total. The number of aliphatic hydroxyl groups excluding tert-OH is 1. The summed E-state index contributed by atoms with van der Waals surface area (Å²) in [6.07, 6.45) is 3.52. The molecule has 6 nitrogen and oxygen atoms in total. The lowest BCUT2D eigenvalue weighted by molar-refractivity contribution is -0.238. The molecule has 1 saturated carbocycles. The van der Waals surface area contributed by atoms with Gasteiger partial charge in [0.05, 0.1) is 6.61 Å². The fourth-order valence-electron chi connectivity index (χ4n) is 2.90. The molecular formula is C18H32O6. The highest BCUT2D eigenvalue weighted by atomic mass is 16.6. The molecule has 1 fully saturated rings. The van der Waals surface area contributed by atoms with Crippen molar-refractivity contribution in [3.8, 4) is 0 Å². The molecular weight excluding hydrogens is 312 g/mol. The zero-order valence-corrected chi connectivity index (χ0v) is 15.5. The van der Waals surface area contributed by atoms with Crippen molar-refractivity contribution < 1.29 is 29.6 Å². The minimum Gasteiger partial charge on any atom is -0.465 e. The Morgan fingerprint density at radius 2 is 1.42 bits per heavy atom. The van der Waals surface area contributed by atoms with Crippen LogP contribution in [0.3, 0.4) is 0 Å². The van der Waals surface area contributed by atoms with Crippen molar-refractivity contribution in [1.29, 1.82) is 0 Å². The topological polar surface area (TPSA) is 104 Å². The van der Waals surface area contributed by atoms with E-state index in [4.69, 9.17) is 9.84 Å². The highest BCUT2D eigenvalue weighted by molar-refractivity contribution is 5.95. The van der Waals surface area contributed by atoms with Gasteiger partial charge in [-0.2, -0.15) is 0 Å². The lowest BCUT2D eigenvalue weighted by Crippen LogP contribution is -2.59. The molecule has 0 spiro atoms. The van der Waals surface area contributed by atoms with E-state index in [1.807, 2.05) is 0 Å². The first-order valence-corrected chi connectivity index (χ1v) is 8.61. The normalized spacial score (nSPS) is 23.0. The van der Waals surface area contributed by atoms with Gasteiger partial charge < -0.3 is 20.1 Å². The second-order valence-corrected chi connectivity index (χ2v) is 8.54. The summed E-state index contributed by atoms with van der Waals surface area (Å²) in [6, 6.07) is 0. The molecule has 0 amide bonds. The Labute approximate surface area is 144 Å². The molecule has 0 atom stereocenters. The summed E-state index contributed by atoms with van der Waals surface area (Å²) in [4.78, 5) is 24.7. The molecule has 0 radical (unpaired) electrons. The van der Waals surface area contributed by atoms with Gasteiger partial charge in [0, 0.05) is 12.0 Å². The highest BCUT2D eigenvalue weighted by Gasteiger charge is 2.56. The zero-order chi connectivity index (χ0) is 18.8. The standard InChI is InChI=1S/C18H32O6/c1-16(2,3)14(20)18(22,23)17(4,5)15(21)24-11-13-8-6-12(10-19)7-9-13/h12-13,19,22-23H,6-11H2,1-5H3. The van der Waals surface area contributed by atoms with Gasteiger partial charge in [-0.05, 0) is 51.4 Å². The van der Waals surface area contributed by atoms with Gasteiger partial charge in [0.15, 0.2) is 5.78 Å². The van der Waals surface area contributed by atoms with E-state index in [-0.39, 0.29) is 19.1 Å². The lowest BCUT2D eigenvalue weighted by atomic mass is 9.73. The predicted molar refractivity (Wildman–Crippen MR) is 88.9 cm³/mol. The van der Waals surface area contributed by atoms with Gasteiger partial charge in [0.1, 0.15) is 5.41 Å². The summed E-state index contributed by atoms with van der Waals surface area (Å²) in [5.41, 5.74) is -2.76. The third-order valence-corrected chi connectivity index (χ3v) is 5.05. The number of carbonyl (C=O) groups excluding carboxylic acids is 2. The van der Waals surface area contributed by atoms with Crippen molar-refractivity contribution in [3.63, 3.8) is 0 Å². The minimum atomic E-state index is -2.79. The summed E-state index contributed by atoms with van der Waals surface area (Å²) < 4.78 is 5.29. The predicted octanol–water partition coefficient (Wildman–Crippen LogP) is 1.65. The number of ether oxygens (including phenoxy) is 1. The lowest BCUT2D eigenvalue weighted by Gasteiger charge is -2.38. The first kappa shape index (κ1) is 21.1. The summed E-state index contributed by atoms with van der Waals surface area (Å²) in [5.74, 6) is -3.88. The van der Waals surface area contributed by atoms with Crippen LogP contribution in [0.15, 0.2) is 0 Å². The van der Waals surface area contributed by atoms with Crippen molar-refractivity contribution in [1.82, 2.24) is 0 Å². The van der Waals surface area contributed by atoms with Crippen LogP contribution < -0.4 is 0 Å². The van der Waals surface area contributed by atoms with Crippen LogP contribution in [-0.2, 0) is 14.3 Å². The van der Waals surface area contributed by atoms with E-state index in [9.17, 15) is 19.8 Å². The molecule has 6 heteroatoms. The van der Waals surface area contributed by atoms with Gasteiger partial charge in [-0.25, -0.2) is 0 Å². The number of rotatable bonds is 6. The fourth-order valence-corrected chi connectivity index (χ4v) is 2.90. The Balaban J connectivity index is 2.67. The summed E-state index contributed by atoms with van der Waals surface area (Å²) in [6.45, 7) is 7.70. The van der Waals surface area contributed by atoms with Crippen molar-refractivity contribution in [2.24, 2.45) is 22.7 Å². The number of ketones is 1. The van der Waals surface area contributed by atoms with Crippen molar-refractivity contribution in [2.45, 2.75) is 66.1 Å². The molecule has 140 valence electrons. The zero-order valence-electron chi connectivity index (χ0n) is 15.5. The molecule has 0 bridgehead atoms. The molecule has 1 aliphatic rings. The van der Waals surface area contributed by atoms with Crippen molar-refractivity contribution in [2.75, 3.05) is 13.2 Å². The quantitative estimate of drug-likeness (QED) is 0.500. The number of esters is 1. The monoisotopic (exact) mass is 344 g/mol. The van der Waals surface area contributed by atoms with Gasteiger partial charge in [0.2, 0.25) is 5.79 Å². The first-order valence-electron chi connectivity index (χ1n) is 8.61. The van der Waals surface area contributed by atoms with E-state index in [0.29, 0.717) is 5.92 Å². The maximum absolute atomic E-state index is 12.4. The van der Waals surface area contributed by atoms with Crippen LogP contribution in [0.5, 0.6) is 0 Å². The van der Waals surface area contributed by atoms with Crippen LogP contribution in [0.2, 0.25) is 0 Å². The van der Waals surface area contributed by atoms with Crippen molar-refractivity contribution >= 4 is 11.8 Å². The largest absolute Gasteiger partial charge is 0.465 e. The third-order valence-electron chi connectivity index (χ3n) is 5.05. The van der Waals surface area contributed by atoms with Crippen LogP contribution in [0.4, 0.5) is 0 Å². The van der Waals surface area contributed by atoms with E-state index in [0.717, 1.165) is 25.7 Å². The van der Waals surface area contributed by atoms with Gasteiger partial charge in [0.25, 0.3) is 0 Å². The average Bonchev–Trinajstić information content (AvgIpc) is 2.51. The summed E-state index contributed by atoms with van der Waals surface area (Å²) in [5, 5.41) is 29.7. The summed E-state index contributed by atoms with van der Waals surface area (Å²) >= 11 is 0. The third kappa shape index (κ3) is 4.55. The fraction of sp³-hybridized carbons (Fsp3) is 0.889. The van der Waals surface area contributed by atoms with Crippen LogP contribution in [-0.4, -0.2) is 46.1 Å². The number of aliphatic hydroxyl groups is 3. The molecule has 0 aromatic carbocycles. The van der Waals surface area contributed by atoms with Crippen molar-refractivity contribution in [3.05, 3.63) is 0 Å². The molecule has 0 aromatic rings. The van der Waals surface area contributed by atoms with E-state index < -0.39 is 28.4 Å². The molecule has 0 aromatic heterocycles. The second kappa shape index (κ2) is 7.50. The maximum atomic E-state index is 12.4. The molecule has 0 aliphatic heterocycles. The van der Waals surface area contributed by atoms with E-state index >= 15 is 0 Å². The number of hydrogen-bond donors (Lipinski definition) is 3. The van der Waals surface area contributed by atoms with E-state index in [1.54, 1.807) is 20.8 Å². The van der Waals surface area contributed by atoms with Gasteiger partial charge in [-0.15, -0.1) is 0 Å². The minimum absolute atomic E-state index is 0.187.